The lowest BCUT2D eigenvalue weighted by Crippen LogP contribution is -2.41. The van der Waals surface area contributed by atoms with E-state index < -0.39 is 6.10 Å². The fourth-order valence-corrected chi connectivity index (χ4v) is 3.66. The van der Waals surface area contributed by atoms with Gasteiger partial charge in [0.15, 0.2) is 0 Å². The molecule has 0 bridgehead atoms. The second kappa shape index (κ2) is 5.46. The first-order valence-corrected chi connectivity index (χ1v) is 7.42. The minimum Gasteiger partial charge on any atom is -0.386 e. The van der Waals surface area contributed by atoms with E-state index in [2.05, 4.69) is 11.9 Å². The Morgan fingerprint density at radius 2 is 2.53 bits per heavy atom. The molecule has 1 aliphatic carbocycles. The van der Waals surface area contributed by atoms with Gasteiger partial charge in [0.2, 0.25) is 0 Å². The van der Waals surface area contributed by atoms with Crippen molar-refractivity contribution in [2.24, 2.45) is 17.1 Å². The molecule has 0 saturated heterocycles. The zero-order valence-electron chi connectivity index (χ0n) is 10.4. The molecule has 0 aliphatic heterocycles. The Morgan fingerprint density at radius 3 is 3.12 bits per heavy atom. The van der Waals surface area contributed by atoms with Gasteiger partial charge in [-0.05, 0) is 18.8 Å². The Labute approximate surface area is 107 Å². The van der Waals surface area contributed by atoms with Crippen molar-refractivity contribution in [1.82, 2.24) is 4.98 Å². The van der Waals surface area contributed by atoms with Gasteiger partial charge in [0, 0.05) is 17.3 Å². The summed E-state index contributed by atoms with van der Waals surface area (Å²) in [5.41, 5.74) is 8.42. The highest BCUT2D eigenvalue weighted by Gasteiger charge is 2.42. The summed E-state index contributed by atoms with van der Waals surface area (Å²) >= 11 is 1.54. The van der Waals surface area contributed by atoms with E-state index in [4.69, 9.17) is 5.73 Å². The van der Waals surface area contributed by atoms with Crippen molar-refractivity contribution in [1.29, 1.82) is 0 Å². The summed E-state index contributed by atoms with van der Waals surface area (Å²) in [5.74, 6) is 0.709. The molecule has 96 valence electrons. The highest BCUT2D eigenvalue weighted by molar-refractivity contribution is 7.07. The molecule has 0 aromatic carbocycles. The molecule has 17 heavy (non-hydrogen) atoms. The van der Waals surface area contributed by atoms with Gasteiger partial charge in [-0.3, -0.25) is 0 Å². The van der Waals surface area contributed by atoms with Gasteiger partial charge < -0.3 is 10.8 Å². The zero-order chi connectivity index (χ0) is 12.3. The number of aliphatic hydroxyl groups is 1. The van der Waals surface area contributed by atoms with Gasteiger partial charge in [-0.25, -0.2) is 4.98 Å². The lowest BCUT2D eigenvalue weighted by molar-refractivity contribution is -0.0183. The molecule has 1 saturated carbocycles. The number of aromatic nitrogens is 1. The van der Waals surface area contributed by atoms with Crippen molar-refractivity contribution < 1.29 is 5.11 Å². The molecule has 1 heterocycles. The van der Waals surface area contributed by atoms with Crippen LogP contribution < -0.4 is 5.73 Å². The molecule has 2 rings (SSSR count). The topological polar surface area (TPSA) is 59.1 Å². The van der Waals surface area contributed by atoms with E-state index in [1.165, 1.54) is 30.6 Å². The Hall–Kier alpha value is -0.450. The minimum atomic E-state index is -0.493. The maximum absolute atomic E-state index is 10.6. The third-order valence-corrected chi connectivity index (χ3v) is 4.88. The standard InChI is InChI=1S/C13H22N2OS/c1-2-10-4-3-5-13(6-10,8-14)12(16)11-7-17-9-15-11/h7,9-10,12,16H,2-6,8,14H2,1H3. The molecule has 1 aliphatic rings. The molecular weight excluding hydrogens is 232 g/mol. The van der Waals surface area contributed by atoms with Gasteiger partial charge in [0.1, 0.15) is 6.10 Å². The average Bonchev–Trinajstić information content (AvgIpc) is 2.91. The largest absolute Gasteiger partial charge is 0.386 e. The summed E-state index contributed by atoms with van der Waals surface area (Å²) < 4.78 is 0. The molecule has 3 atom stereocenters. The first-order chi connectivity index (χ1) is 8.22. The Bertz CT molecular complexity index is 341. The van der Waals surface area contributed by atoms with Gasteiger partial charge in [0.25, 0.3) is 0 Å². The fourth-order valence-electron chi connectivity index (χ4n) is 3.09. The van der Waals surface area contributed by atoms with Crippen LogP contribution in [0.15, 0.2) is 10.9 Å². The van der Waals surface area contributed by atoms with E-state index in [9.17, 15) is 5.11 Å². The monoisotopic (exact) mass is 254 g/mol. The van der Waals surface area contributed by atoms with Crippen molar-refractivity contribution in [3.05, 3.63) is 16.6 Å². The van der Waals surface area contributed by atoms with Crippen LogP contribution in [-0.4, -0.2) is 16.6 Å². The predicted molar refractivity (Wildman–Crippen MR) is 70.8 cm³/mol. The summed E-state index contributed by atoms with van der Waals surface area (Å²) in [6.07, 6.45) is 5.22. The third-order valence-electron chi connectivity index (χ3n) is 4.28. The van der Waals surface area contributed by atoms with E-state index in [1.807, 2.05) is 5.38 Å². The molecule has 0 radical (unpaired) electrons. The van der Waals surface area contributed by atoms with Crippen molar-refractivity contribution in [2.75, 3.05) is 6.54 Å². The van der Waals surface area contributed by atoms with Crippen LogP contribution >= 0.6 is 11.3 Å². The molecule has 0 amide bonds. The van der Waals surface area contributed by atoms with Crippen LogP contribution in [-0.2, 0) is 0 Å². The van der Waals surface area contributed by atoms with Crippen LogP contribution in [0.3, 0.4) is 0 Å². The molecule has 3 N–H and O–H groups in total. The quantitative estimate of drug-likeness (QED) is 0.868. The first-order valence-electron chi connectivity index (χ1n) is 6.48. The molecule has 3 nitrogen and oxygen atoms in total. The van der Waals surface area contributed by atoms with Gasteiger partial charge in [0.05, 0.1) is 11.2 Å². The fraction of sp³-hybridized carbons (Fsp3) is 0.769. The maximum atomic E-state index is 10.6. The predicted octanol–water partition coefficient (Wildman–Crippen LogP) is 2.72. The normalized spacial score (nSPS) is 31.4. The van der Waals surface area contributed by atoms with E-state index in [0.29, 0.717) is 12.5 Å². The maximum Gasteiger partial charge on any atom is 0.104 e. The highest BCUT2D eigenvalue weighted by atomic mass is 32.1. The van der Waals surface area contributed by atoms with E-state index in [0.717, 1.165) is 18.5 Å². The van der Waals surface area contributed by atoms with Crippen molar-refractivity contribution in [2.45, 2.75) is 45.1 Å². The van der Waals surface area contributed by atoms with Gasteiger partial charge in [-0.2, -0.15) is 0 Å². The van der Waals surface area contributed by atoms with E-state index >= 15 is 0 Å². The highest BCUT2D eigenvalue weighted by Crippen LogP contribution is 2.47. The Balaban J connectivity index is 2.18. The lowest BCUT2D eigenvalue weighted by Gasteiger charge is -2.43. The van der Waals surface area contributed by atoms with Crippen LogP contribution in [0, 0.1) is 11.3 Å². The number of hydrogen-bond donors (Lipinski definition) is 2. The Morgan fingerprint density at radius 1 is 1.71 bits per heavy atom. The summed E-state index contributed by atoms with van der Waals surface area (Å²) in [6, 6.07) is 0. The molecule has 1 fully saturated rings. The first kappa shape index (κ1) is 13.0. The van der Waals surface area contributed by atoms with Crippen LogP contribution in [0.5, 0.6) is 0 Å². The van der Waals surface area contributed by atoms with E-state index in [-0.39, 0.29) is 5.41 Å². The average molecular weight is 254 g/mol. The smallest absolute Gasteiger partial charge is 0.104 e. The Kier molecular flexibility index (Phi) is 4.17. The second-order valence-corrected chi connectivity index (χ2v) is 5.97. The number of rotatable bonds is 4. The van der Waals surface area contributed by atoms with Gasteiger partial charge >= 0.3 is 0 Å². The van der Waals surface area contributed by atoms with Crippen LogP contribution in [0.2, 0.25) is 0 Å². The third kappa shape index (κ3) is 2.54. The summed E-state index contributed by atoms with van der Waals surface area (Å²) in [5, 5.41) is 12.5. The van der Waals surface area contributed by atoms with Crippen LogP contribution in [0.4, 0.5) is 0 Å². The molecule has 1 aromatic rings. The van der Waals surface area contributed by atoms with Gasteiger partial charge in [-0.1, -0.05) is 26.2 Å². The van der Waals surface area contributed by atoms with Crippen LogP contribution in [0.25, 0.3) is 0 Å². The van der Waals surface area contributed by atoms with Crippen molar-refractivity contribution in [3.63, 3.8) is 0 Å². The van der Waals surface area contributed by atoms with Crippen molar-refractivity contribution in [3.8, 4) is 0 Å². The zero-order valence-corrected chi connectivity index (χ0v) is 11.2. The number of nitrogens with zero attached hydrogens (tertiary/aromatic N) is 1. The number of nitrogens with two attached hydrogens (primary N) is 1. The summed E-state index contributed by atoms with van der Waals surface area (Å²) in [7, 11) is 0. The van der Waals surface area contributed by atoms with E-state index in [1.54, 1.807) is 5.51 Å². The minimum absolute atomic E-state index is 0.146. The lowest BCUT2D eigenvalue weighted by atomic mass is 9.65. The van der Waals surface area contributed by atoms with Crippen molar-refractivity contribution >= 4 is 11.3 Å². The number of thiazole rings is 1. The SMILES string of the molecule is CCC1CCCC(CN)(C(O)c2cscn2)C1. The number of aliphatic hydroxyl groups excluding tert-OH is 1. The second-order valence-electron chi connectivity index (χ2n) is 5.25. The summed E-state index contributed by atoms with van der Waals surface area (Å²) in [6.45, 7) is 2.79. The molecule has 1 aromatic heterocycles. The van der Waals surface area contributed by atoms with Crippen LogP contribution in [0.1, 0.15) is 50.8 Å². The van der Waals surface area contributed by atoms with Gasteiger partial charge in [-0.15, -0.1) is 11.3 Å². The molecular formula is C13H22N2OS. The molecule has 3 unspecified atom stereocenters. The molecule has 4 heteroatoms. The molecule has 0 spiro atoms. The number of hydrogen-bond acceptors (Lipinski definition) is 4. The summed E-state index contributed by atoms with van der Waals surface area (Å²) in [4.78, 5) is 4.25.